The summed E-state index contributed by atoms with van der Waals surface area (Å²) in [6, 6.07) is 0. The van der Waals surface area contributed by atoms with Crippen molar-refractivity contribution in [3.63, 3.8) is 0 Å². The number of rotatable bonds is 6. The minimum atomic E-state index is -0.0649. The van der Waals surface area contributed by atoms with Crippen molar-refractivity contribution in [2.24, 2.45) is 5.92 Å². The van der Waals surface area contributed by atoms with E-state index in [1.165, 1.54) is 0 Å². The predicted octanol–water partition coefficient (Wildman–Crippen LogP) is 3.25. The fraction of sp³-hybridized carbons (Fsp3) is 1.00. The topological polar surface area (TPSA) is 18.5 Å². The molecular weight excluding hydrogens is 176 g/mol. The fourth-order valence-corrected chi connectivity index (χ4v) is 1.58. The molecule has 0 rings (SSSR count). The lowest BCUT2D eigenvalue weighted by Crippen LogP contribution is -2.38. The third-order valence-electron chi connectivity index (χ3n) is 3.05. The Morgan fingerprint density at radius 1 is 1.14 bits per heavy atom. The molecule has 0 saturated heterocycles. The Morgan fingerprint density at radius 2 is 1.64 bits per heavy atom. The number of hydrogen-bond donors (Lipinski definition) is 0. The first kappa shape index (κ1) is 13.9. The van der Waals surface area contributed by atoms with Crippen molar-refractivity contribution in [2.75, 3.05) is 13.7 Å². The second-order valence-corrected chi connectivity index (χ2v) is 5.11. The van der Waals surface area contributed by atoms with Gasteiger partial charge in [0.25, 0.3) is 0 Å². The van der Waals surface area contributed by atoms with Crippen LogP contribution in [-0.2, 0) is 9.47 Å². The Balaban J connectivity index is 4.25. The first-order valence-electron chi connectivity index (χ1n) is 5.44. The zero-order chi connectivity index (χ0) is 11.4. The summed E-state index contributed by atoms with van der Waals surface area (Å²) in [5.74, 6) is 0.484. The average Bonchev–Trinajstić information content (AvgIpc) is 2.03. The molecule has 0 bridgehead atoms. The van der Waals surface area contributed by atoms with Crippen LogP contribution in [-0.4, -0.2) is 24.9 Å². The van der Waals surface area contributed by atoms with Crippen LogP contribution < -0.4 is 0 Å². The number of ether oxygens (including phenoxy) is 2. The van der Waals surface area contributed by atoms with Crippen molar-refractivity contribution in [3.8, 4) is 0 Å². The highest BCUT2D eigenvalue weighted by atomic mass is 16.5. The van der Waals surface area contributed by atoms with Gasteiger partial charge in [0.1, 0.15) is 0 Å². The Hall–Kier alpha value is -0.0800. The molecule has 0 amide bonds. The minimum Gasteiger partial charge on any atom is -0.379 e. The molecule has 1 unspecified atom stereocenters. The standard InChI is InChI=1S/C12H26O2/c1-8-14-12(5,6)10(2)9-11(3,4)13-7/h10H,8-9H2,1-7H3. The van der Waals surface area contributed by atoms with Crippen molar-refractivity contribution in [1.82, 2.24) is 0 Å². The molecule has 0 radical (unpaired) electrons. The Kier molecular flexibility index (Phi) is 5.10. The van der Waals surface area contributed by atoms with Gasteiger partial charge in [0.2, 0.25) is 0 Å². The molecule has 0 spiro atoms. The SMILES string of the molecule is CCOC(C)(C)C(C)CC(C)(C)OC. The molecule has 2 heteroatoms. The van der Waals surface area contributed by atoms with Gasteiger partial charge in [-0.05, 0) is 47.0 Å². The van der Waals surface area contributed by atoms with E-state index < -0.39 is 0 Å². The van der Waals surface area contributed by atoms with E-state index >= 15 is 0 Å². The van der Waals surface area contributed by atoms with E-state index in [0.717, 1.165) is 13.0 Å². The van der Waals surface area contributed by atoms with Gasteiger partial charge in [-0.15, -0.1) is 0 Å². The van der Waals surface area contributed by atoms with Gasteiger partial charge >= 0.3 is 0 Å². The summed E-state index contributed by atoms with van der Waals surface area (Å²) in [5, 5.41) is 0. The molecule has 0 heterocycles. The maximum Gasteiger partial charge on any atom is 0.0652 e. The van der Waals surface area contributed by atoms with E-state index in [0.29, 0.717) is 5.92 Å². The van der Waals surface area contributed by atoms with Gasteiger partial charge in [-0.2, -0.15) is 0 Å². The molecule has 0 saturated carbocycles. The van der Waals surface area contributed by atoms with Crippen molar-refractivity contribution < 1.29 is 9.47 Å². The zero-order valence-electron chi connectivity index (χ0n) is 10.8. The Bertz CT molecular complexity index is 162. The molecule has 0 aromatic heterocycles. The van der Waals surface area contributed by atoms with Gasteiger partial charge in [-0.1, -0.05) is 6.92 Å². The summed E-state index contributed by atoms with van der Waals surface area (Å²) >= 11 is 0. The first-order valence-corrected chi connectivity index (χ1v) is 5.44. The molecule has 0 N–H and O–H groups in total. The zero-order valence-corrected chi connectivity index (χ0v) is 10.8. The smallest absolute Gasteiger partial charge is 0.0652 e. The van der Waals surface area contributed by atoms with Crippen molar-refractivity contribution in [1.29, 1.82) is 0 Å². The van der Waals surface area contributed by atoms with Crippen molar-refractivity contribution >= 4 is 0 Å². The van der Waals surface area contributed by atoms with Crippen LogP contribution >= 0.6 is 0 Å². The molecule has 0 aliphatic carbocycles. The minimum absolute atomic E-state index is 0.0617. The molecule has 1 atom stereocenters. The van der Waals surface area contributed by atoms with Crippen LogP contribution in [0.4, 0.5) is 0 Å². The summed E-state index contributed by atoms with van der Waals surface area (Å²) in [7, 11) is 1.76. The molecule has 0 aromatic carbocycles. The highest BCUT2D eigenvalue weighted by Crippen LogP contribution is 2.29. The molecule has 86 valence electrons. The number of hydrogen-bond acceptors (Lipinski definition) is 2. The monoisotopic (exact) mass is 202 g/mol. The fourth-order valence-electron chi connectivity index (χ4n) is 1.58. The van der Waals surface area contributed by atoms with Gasteiger partial charge in [0.15, 0.2) is 0 Å². The highest BCUT2D eigenvalue weighted by Gasteiger charge is 2.31. The van der Waals surface area contributed by atoms with E-state index in [9.17, 15) is 0 Å². The lowest BCUT2D eigenvalue weighted by molar-refractivity contribution is -0.0808. The third kappa shape index (κ3) is 4.43. The van der Waals surface area contributed by atoms with Crippen LogP contribution in [0.2, 0.25) is 0 Å². The lowest BCUT2D eigenvalue weighted by Gasteiger charge is -2.36. The van der Waals surface area contributed by atoms with E-state index in [4.69, 9.17) is 9.47 Å². The Morgan fingerprint density at radius 3 is 2.00 bits per heavy atom. The predicted molar refractivity (Wildman–Crippen MR) is 60.6 cm³/mol. The molecular formula is C12H26O2. The van der Waals surface area contributed by atoms with Gasteiger partial charge in [0.05, 0.1) is 11.2 Å². The first-order chi connectivity index (χ1) is 6.25. The molecule has 2 nitrogen and oxygen atoms in total. The van der Waals surface area contributed by atoms with E-state index in [1.54, 1.807) is 7.11 Å². The molecule has 0 aliphatic heterocycles. The second-order valence-electron chi connectivity index (χ2n) is 5.11. The van der Waals surface area contributed by atoms with Crippen LogP contribution in [0, 0.1) is 5.92 Å². The van der Waals surface area contributed by atoms with Crippen LogP contribution in [0.5, 0.6) is 0 Å². The summed E-state index contributed by atoms with van der Waals surface area (Å²) in [5.41, 5.74) is -0.127. The van der Waals surface area contributed by atoms with Gasteiger partial charge < -0.3 is 9.47 Å². The normalized spacial score (nSPS) is 15.6. The van der Waals surface area contributed by atoms with Crippen molar-refractivity contribution in [2.45, 2.75) is 59.2 Å². The highest BCUT2D eigenvalue weighted by molar-refractivity contribution is 4.82. The van der Waals surface area contributed by atoms with Crippen LogP contribution in [0.25, 0.3) is 0 Å². The molecule has 0 fully saturated rings. The Labute approximate surface area is 89.0 Å². The van der Waals surface area contributed by atoms with Crippen molar-refractivity contribution in [3.05, 3.63) is 0 Å². The van der Waals surface area contributed by atoms with E-state index in [-0.39, 0.29) is 11.2 Å². The maximum atomic E-state index is 5.73. The summed E-state index contributed by atoms with van der Waals surface area (Å²) < 4.78 is 11.2. The van der Waals surface area contributed by atoms with Gasteiger partial charge in [0, 0.05) is 13.7 Å². The summed E-state index contributed by atoms with van der Waals surface area (Å²) in [6.45, 7) is 13.5. The van der Waals surface area contributed by atoms with Gasteiger partial charge in [-0.3, -0.25) is 0 Å². The van der Waals surface area contributed by atoms with Crippen LogP contribution in [0.1, 0.15) is 48.0 Å². The van der Waals surface area contributed by atoms with E-state index in [2.05, 4.69) is 34.6 Å². The quantitative estimate of drug-likeness (QED) is 0.658. The largest absolute Gasteiger partial charge is 0.379 e. The average molecular weight is 202 g/mol. The summed E-state index contributed by atoms with van der Waals surface area (Å²) in [6.07, 6.45) is 1.01. The lowest BCUT2D eigenvalue weighted by atomic mass is 9.83. The summed E-state index contributed by atoms with van der Waals surface area (Å²) in [4.78, 5) is 0. The van der Waals surface area contributed by atoms with Crippen LogP contribution in [0.3, 0.4) is 0 Å². The molecule has 0 aliphatic rings. The van der Waals surface area contributed by atoms with E-state index in [1.807, 2.05) is 6.92 Å². The number of methoxy groups -OCH3 is 1. The van der Waals surface area contributed by atoms with Crippen LogP contribution in [0.15, 0.2) is 0 Å². The molecule has 0 aromatic rings. The molecule has 14 heavy (non-hydrogen) atoms. The second kappa shape index (κ2) is 5.13. The van der Waals surface area contributed by atoms with Gasteiger partial charge in [-0.25, -0.2) is 0 Å². The third-order valence-corrected chi connectivity index (χ3v) is 3.05. The maximum absolute atomic E-state index is 5.73.